The lowest BCUT2D eigenvalue weighted by Gasteiger charge is -2.56. The van der Waals surface area contributed by atoms with Crippen molar-refractivity contribution in [3.63, 3.8) is 0 Å². The van der Waals surface area contributed by atoms with E-state index in [-0.39, 0.29) is 36.2 Å². The average molecular weight is 557 g/mol. The third-order valence-electron chi connectivity index (χ3n) is 7.82. The molecule has 0 spiro atoms. The van der Waals surface area contributed by atoms with E-state index < -0.39 is 18.6 Å². The van der Waals surface area contributed by atoms with Crippen molar-refractivity contribution in [1.82, 2.24) is 10.2 Å². The van der Waals surface area contributed by atoms with Crippen LogP contribution in [0.1, 0.15) is 29.0 Å². The van der Waals surface area contributed by atoms with E-state index in [0.29, 0.717) is 17.9 Å². The molecule has 0 aromatic heterocycles. The quantitative estimate of drug-likeness (QED) is 0.330. The van der Waals surface area contributed by atoms with Gasteiger partial charge in [0.05, 0.1) is 7.11 Å². The van der Waals surface area contributed by atoms with Crippen LogP contribution in [0.5, 0.6) is 11.5 Å². The van der Waals surface area contributed by atoms with E-state index in [9.17, 15) is 23.1 Å². The molecule has 2 N–H and O–H groups in total. The van der Waals surface area contributed by atoms with Gasteiger partial charge in [0.2, 0.25) is 0 Å². The van der Waals surface area contributed by atoms with E-state index >= 15 is 0 Å². The summed E-state index contributed by atoms with van der Waals surface area (Å²) in [7, 11) is 1.46. The number of hydrogen-bond donors (Lipinski definition) is 2. The fraction of sp³-hybridized carbons (Fsp3) is 0.367. The highest BCUT2D eigenvalue weighted by atomic mass is 19.4. The van der Waals surface area contributed by atoms with Crippen molar-refractivity contribution in [2.45, 2.75) is 43.4 Å². The number of piperidine rings is 3. The van der Waals surface area contributed by atoms with Crippen LogP contribution in [0.25, 0.3) is 0 Å². The molecule has 10 heteroatoms. The zero-order valence-electron chi connectivity index (χ0n) is 21.9. The summed E-state index contributed by atoms with van der Waals surface area (Å²) >= 11 is 0. The van der Waals surface area contributed by atoms with Gasteiger partial charge in [-0.05, 0) is 42.3 Å². The van der Waals surface area contributed by atoms with Crippen LogP contribution in [-0.2, 0) is 11.3 Å². The van der Waals surface area contributed by atoms with Crippen LogP contribution in [0, 0.1) is 5.92 Å². The molecule has 2 bridgehead atoms. The largest absolute Gasteiger partial charge is 0.573 e. The number of rotatable bonds is 9. The first-order chi connectivity index (χ1) is 19.2. The minimum Gasteiger partial charge on any atom is -0.496 e. The number of carbonyl (C=O) groups is 1. The van der Waals surface area contributed by atoms with Gasteiger partial charge >= 0.3 is 12.5 Å². The van der Waals surface area contributed by atoms with Crippen LogP contribution in [0.3, 0.4) is 0 Å². The molecule has 0 aliphatic carbocycles. The van der Waals surface area contributed by atoms with E-state index in [1.54, 1.807) is 0 Å². The monoisotopic (exact) mass is 556 g/mol. The zero-order chi connectivity index (χ0) is 28.3. The van der Waals surface area contributed by atoms with Gasteiger partial charge < -0.3 is 24.6 Å². The average Bonchev–Trinajstić information content (AvgIpc) is 2.93. The van der Waals surface area contributed by atoms with Crippen molar-refractivity contribution in [1.29, 1.82) is 0 Å². The molecule has 5 atom stereocenters. The van der Waals surface area contributed by atoms with Gasteiger partial charge in [0.25, 0.3) is 0 Å². The van der Waals surface area contributed by atoms with Gasteiger partial charge in [0.15, 0.2) is 0 Å². The van der Waals surface area contributed by atoms with Gasteiger partial charge in [-0.15, -0.1) is 13.2 Å². The summed E-state index contributed by atoms with van der Waals surface area (Å²) in [6.07, 6.45) is -5.96. The number of alkyl halides is 3. The molecule has 3 aliphatic heterocycles. The summed E-state index contributed by atoms with van der Waals surface area (Å²) in [5, 5.41) is 13.0. The van der Waals surface area contributed by atoms with Crippen molar-refractivity contribution in [2.75, 3.05) is 20.2 Å². The van der Waals surface area contributed by atoms with E-state index in [1.165, 1.54) is 25.3 Å². The van der Waals surface area contributed by atoms with E-state index in [1.807, 2.05) is 36.4 Å². The summed E-state index contributed by atoms with van der Waals surface area (Å²) in [4.78, 5) is 13.8. The second-order valence-electron chi connectivity index (χ2n) is 10.1. The predicted molar refractivity (Wildman–Crippen MR) is 141 cm³/mol. The van der Waals surface area contributed by atoms with Crippen LogP contribution in [0.15, 0.2) is 78.9 Å². The van der Waals surface area contributed by atoms with Crippen LogP contribution in [-0.4, -0.2) is 60.9 Å². The molecule has 212 valence electrons. The number of nitrogens with zero attached hydrogens (tertiary/aromatic N) is 1. The first kappa shape index (κ1) is 27.8. The molecule has 3 aliphatic rings. The van der Waals surface area contributed by atoms with Gasteiger partial charge in [-0.3, -0.25) is 4.90 Å². The van der Waals surface area contributed by atoms with Gasteiger partial charge in [-0.1, -0.05) is 60.7 Å². The molecular formula is C30H31F3N2O5. The highest BCUT2D eigenvalue weighted by molar-refractivity contribution is 5.57. The maximum atomic E-state index is 12.9. The number of benzene rings is 3. The van der Waals surface area contributed by atoms with Crippen molar-refractivity contribution in [3.05, 3.63) is 95.6 Å². The maximum Gasteiger partial charge on any atom is 0.573 e. The van der Waals surface area contributed by atoms with Crippen molar-refractivity contribution < 1.29 is 37.3 Å². The fourth-order valence-corrected chi connectivity index (χ4v) is 6.29. The number of carboxylic acid groups (broad SMARTS) is 1. The Labute approximate surface area is 230 Å². The van der Waals surface area contributed by atoms with Gasteiger partial charge in [-0.2, -0.15) is 0 Å². The standard InChI is InChI=1S/C30H31F3N2O5/c1-38-24-13-12-22(40-30(31,32)33)16-21(24)17-34-27-23-14-15-35(18-25(23)39-29(36)37)28(27)26(19-8-4-2-5-9-19)20-10-6-3-7-11-20/h2-13,16,23,25-28,34H,14-15,17-18H2,1H3,(H,36,37)/t23-,25+,27+,28+/m1/s1. The maximum absolute atomic E-state index is 12.9. The van der Waals surface area contributed by atoms with E-state index in [0.717, 1.165) is 24.1 Å². The number of ether oxygens (including phenoxy) is 3. The Morgan fingerprint density at radius 2 is 1.70 bits per heavy atom. The lowest BCUT2D eigenvalue weighted by molar-refractivity contribution is -0.274. The Hall–Kier alpha value is -3.76. The lowest BCUT2D eigenvalue weighted by Crippen LogP contribution is -2.69. The number of nitrogens with one attached hydrogen (secondary N) is 1. The molecule has 1 unspecified atom stereocenters. The Morgan fingerprint density at radius 1 is 1.05 bits per heavy atom. The Morgan fingerprint density at radius 3 is 2.27 bits per heavy atom. The molecule has 0 amide bonds. The lowest BCUT2D eigenvalue weighted by atomic mass is 9.69. The first-order valence-electron chi connectivity index (χ1n) is 13.1. The Kier molecular flexibility index (Phi) is 8.18. The Balaban J connectivity index is 1.51. The molecule has 0 radical (unpaired) electrons. The van der Waals surface area contributed by atoms with Gasteiger partial charge in [0.1, 0.15) is 17.6 Å². The predicted octanol–water partition coefficient (Wildman–Crippen LogP) is 5.65. The summed E-state index contributed by atoms with van der Waals surface area (Å²) in [5.74, 6) is -0.105. The molecule has 3 aromatic carbocycles. The van der Waals surface area contributed by atoms with Gasteiger partial charge in [-0.25, -0.2) is 4.79 Å². The molecule has 6 rings (SSSR count). The summed E-state index contributed by atoms with van der Waals surface area (Å²) in [6, 6.07) is 23.9. The number of hydrogen-bond acceptors (Lipinski definition) is 6. The molecule has 3 fully saturated rings. The van der Waals surface area contributed by atoms with Crippen molar-refractivity contribution in [3.8, 4) is 11.5 Å². The topological polar surface area (TPSA) is 80.3 Å². The normalized spacial score (nSPS) is 24.1. The minimum absolute atomic E-state index is 0.0460. The Bertz CT molecular complexity index is 1250. The van der Waals surface area contributed by atoms with E-state index in [4.69, 9.17) is 9.47 Å². The molecule has 3 saturated heterocycles. The smallest absolute Gasteiger partial charge is 0.496 e. The zero-order valence-corrected chi connectivity index (χ0v) is 21.9. The van der Waals surface area contributed by atoms with Crippen LogP contribution < -0.4 is 14.8 Å². The van der Waals surface area contributed by atoms with Gasteiger partial charge in [0, 0.05) is 42.6 Å². The molecule has 7 nitrogen and oxygen atoms in total. The minimum atomic E-state index is -4.82. The third-order valence-corrected chi connectivity index (χ3v) is 7.82. The summed E-state index contributed by atoms with van der Waals surface area (Å²) in [6.45, 7) is 1.43. The number of fused-ring (bicyclic) bond motifs is 3. The third kappa shape index (κ3) is 6.18. The summed E-state index contributed by atoms with van der Waals surface area (Å²) in [5.41, 5.74) is 2.73. The molecule has 3 heterocycles. The molecule has 0 saturated carbocycles. The SMILES string of the molecule is COc1ccc(OC(F)(F)F)cc1CN[C@H]1[C@@H]2CCN(C[C@@H]2OC(=O)O)[C@H]1C(c1ccccc1)c1ccccc1. The number of halogens is 3. The highest BCUT2D eigenvalue weighted by Gasteiger charge is 2.51. The van der Waals surface area contributed by atoms with Crippen LogP contribution in [0.2, 0.25) is 0 Å². The number of methoxy groups -OCH3 is 1. The second kappa shape index (κ2) is 11.8. The van der Waals surface area contributed by atoms with Crippen molar-refractivity contribution in [2.24, 2.45) is 5.92 Å². The summed E-state index contributed by atoms with van der Waals surface area (Å²) < 4.78 is 53.6. The van der Waals surface area contributed by atoms with E-state index in [2.05, 4.69) is 39.2 Å². The van der Waals surface area contributed by atoms with Crippen molar-refractivity contribution >= 4 is 6.16 Å². The molecular weight excluding hydrogens is 525 g/mol. The van der Waals surface area contributed by atoms with Crippen LogP contribution in [0.4, 0.5) is 18.0 Å². The fourth-order valence-electron chi connectivity index (χ4n) is 6.29. The first-order valence-corrected chi connectivity index (χ1v) is 13.1. The van der Waals surface area contributed by atoms with Crippen LogP contribution >= 0.6 is 0 Å². The molecule has 40 heavy (non-hydrogen) atoms. The molecule has 3 aromatic rings. The highest BCUT2D eigenvalue weighted by Crippen LogP contribution is 2.43. The second-order valence-corrected chi connectivity index (χ2v) is 10.1.